The Labute approximate surface area is 166 Å². The zero-order chi connectivity index (χ0) is 19.8. The predicted octanol–water partition coefficient (Wildman–Crippen LogP) is 3.84. The number of carbonyl (C=O) groups excluding carboxylic acids is 2. The average Bonchev–Trinajstić information content (AvgIpc) is 3.23. The van der Waals surface area contributed by atoms with Crippen LogP contribution in [0, 0.1) is 6.92 Å². The van der Waals surface area contributed by atoms with Crippen LogP contribution in [0.3, 0.4) is 0 Å². The highest BCUT2D eigenvalue weighted by Crippen LogP contribution is 2.16. The quantitative estimate of drug-likeness (QED) is 0.277. The van der Waals surface area contributed by atoms with Crippen LogP contribution in [0.4, 0.5) is 5.69 Å². The summed E-state index contributed by atoms with van der Waals surface area (Å²) in [5.74, 6) is -0.258. The van der Waals surface area contributed by atoms with E-state index in [4.69, 9.17) is 4.74 Å². The van der Waals surface area contributed by atoms with E-state index in [9.17, 15) is 9.59 Å². The maximum absolute atomic E-state index is 12.0. The van der Waals surface area contributed by atoms with Crippen molar-refractivity contribution < 1.29 is 14.3 Å². The van der Waals surface area contributed by atoms with Gasteiger partial charge in [-0.05, 0) is 48.2 Å². The van der Waals surface area contributed by atoms with Gasteiger partial charge in [-0.1, -0.05) is 35.9 Å². The van der Waals surface area contributed by atoms with Crippen molar-refractivity contribution in [2.45, 2.75) is 6.92 Å². The predicted molar refractivity (Wildman–Crippen MR) is 111 cm³/mol. The Morgan fingerprint density at radius 2 is 1.93 bits per heavy atom. The Bertz CT molecular complexity index is 967. The molecule has 2 N–H and O–H groups in total. The zero-order valence-corrected chi connectivity index (χ0v) is 16.0. The molecule has 0 radical (unpaired) electrons. The lowest BCUT2D eigenvalue weighted by Gasteiger charge is -2.05. The van der Waals surface area contributed by atoms with E-state index in [-0.39, 0.29) is 12.5 Å². The van der Waals surface area contributed by atoms with Crippen molar-refractivity contribution in [3.63, 3.8) is 0 Å². The molecule has 2 aromatic carbocycles. The third-order valence-electron chi connectivity index (χ3n) is 3.70. The van der Waals surface area contributed by atoms with Crippen molar-refractivity contribution in [1.82, 2.24) is 5.43 Å². The van der Waals surface area contributed by atoms with Crippen molar-refractivity contribution in [3.05, 3.63) is 82.0 Å². The van der Waals surface area contributed by atoms with Crippen molar-refractivity contribution in [2.24, 2.45) is 5.10 Å². The molecular weight excluding hydrogens is 374 g/mol. The molecule has 142 valence electrons. The Morgan fingerprint density at radius 3 is 2.68 bits per heavy atom. The second kappa shape index (κ2) is 9.48. The van der Waals surface area contributed by atoms with Crippen LogP contribution in [0.2, 0.25) is 0 Å². The maximum Gasteiger partial charge on any atom is 0.353 e. The molecule has 0 aliphatic carbocycles. The first-order valence-electron chi connectivity index (χ1n) is 8.58. The fourth-order valence-corrected chi connectivity index (χ4v) is 2.88. The largest absolute Gasteiger partial charge is 0.422 e. The van der Waals surface area contributed by atoms with Gasteiger partial charge in [-0.15, -0.1) is 11.3 Å². The van der Waals surface area contributed by atoms with Crippen LogP contribution in [-0.2, 0) is 4.79 Å². The molecule has 7 heteroatoms. The molecule has 28 heavy (non-hydrogen) atoms. The van der Waals surface area contributed by atoms with Crippen molar-refractivity contribution in [2.75, 3.05) is 11.9 Å². The van der Waals surface area contributed by atoms with E-state index in [1.807, 2.05) is 36.6 Å². The van der Waals surface area contributed by atoms with Gasteiger partial charge in [0.2, 0.25) is 0 Å². The van der Waals surface area contributed by atoms with E-state index in [0.717, 1.165) is 11.3 Å². The standard InChI is InChI=1S/C21H19N3O3S/c1-15-7-9-17(10-8-15)22-14-20(25)24-23-13-16-4-2-5-18(12-16)27-21(26)19-6-3-11-28-19/h2-13,22H,14H2,1H3,(H,24,25). The first-order valence-corrected chi connectivity index (χ1v) is 9.46. The fourth-order valence-electron chi connectivity index (χ4n) is 2.28. The molecule has 0 aliphatic rings. The lowest BCUT2D eigenvalue weighted by Crippen LogP contribution is -2.25. The summed E-state index contributed by atoms with van der Waals surface area (Å²) in [6.45, 7) is 2.11. The summed E-state index contributed by atoms with van der Waals surface area (Å²) in [5, 5.41) is 8.77. The van der Waals surface area contributed by atoms with Crippen molar-refractivity contribution in [3.8, 4) is 5.75 Å². The van der Waals surface area contributed by atoms with Gasteiger partial charge in [0.15, 0.2) is 0 Å². The molecule has 3 rings (SSSR count). The van der Waals surface area contributed by atoms with Crippen LogP contribution in [-0.4, -0.2) is 24.6 Å². The van der Waals surface area contributed by atoms with Crippen LogP contribution >= 0.6 is 11.3 Å². The van der Waals surface area contributed by atoms with Gasteiger partial charge in [0.1, 0.15) is 10.6 Å². The van der Waals surface area contributed by atoms with Crippen LogP contribution in [0.25, 0.3) is 0 Å². The minimum absolute atomic E-state index is 0.110. The SMILES string of the molecule is Cc1ccc(NCC(=O)NN=Cc2cccc(OC(=O)c3cccs3)c2)cc1. The highest BCUT2D eigenvalue weighted by atomic mass is 32.1. The molecule has 0 saturated heterocycles. The normalized spacial score (nSPS) is 10.6. The Balaban J connectivity index is 1.49. The molecule has 0 saturated carbocycles. The topological polar surface area (TPSA) is 79.8 Å². The third-order valence-corrected chi connectivity index (χ3v) is 4.55. The van der Waals surface area contributed by atoms with E-state index in [1.165, 1.54) is 17.6 Å². The van der Waals surface area contributed by atoms with Crippen LogP contribution in [0.5, 0.6) is 5.75 Å². The summed E-state index contributed by atoms with van der Waals surface area (Å²) in [4.78, 5) is 24.4. The average molecular weight is 393 g/mol. The van der Waals surface area contributed by atoms with E-state index >= 15 is 0 Å². The van der Waals surface area contributed by atoms with E-state index in [2.05, 4.69) is 15.8 Å². The number of hydrogen-bond donors (Lipinski definition) is 2. The zero-order valence-electron chi connectivity index (χ0n) is 15.2. The van der Waals surface area contributed by atoms with Gasteiger partial charge in [0, 0.05) is 5.69 Å². The number of hydrogen-bond acceptors (Lipinski definition) is 6. The lowest BCUT2D eigenvalue weighted by molar-refractivity contribution is -0.119. The number of thiophene rings is 1. The van der Waals surface area contributed by atoms with Crippen LogP contribution in [0.15, 0.2) is 71.1 Å². The fraction of sp³-hybridized carbons (Fsp3) is 0.0952. The number of hydrazone groups is 1. The molecule has 3 aromatic rings. The summed E-state index contributed by atoms with van der Waals surface area (Å²) in [7, 11) is 0. The van der Waals surface area contributed by atoms with E-state index in [0.29, 0.717) is 16.2 Å². The molecule has 1 heterocycles. The van der Waals surface area contributed by atoms with Gasteiger partial charge in [0.05, 0.1) is 12.8 Å². The van der Waals surface area contributed by atoms with Crippen molar-refractivity contribution in [1.29, 1.82) is 0 Å². The molecule has 1 amide bonds. The number of esters is 1. The van der Waals surface area contributed by atoms with Crippen LogP contribution < -0.4 is 15.5 Å². The highest BCUT2D eigenvalue weighted by Gasteiger charge is 2.09. The highest BCUT2D eigenvalue weighted by molar-refractivity contribution is 7.12. The van der Waals surface area contributed by atoms with E-state index < -0.39 is 5.97 Å². The van der Waals surface area contributed by atoms with Crippen molar-refractivity contribution >= 4 is 35.1 Å². The first kappa shape index (κ1) is 19.3. The minimum Gasteiger partial charge on any atom is -0.422 e. The Kier molecular flexibility index (Phi) is 6.54. The number of anilines is 1. The number of ether oxygens (including phenoxy) is 1. The first-order chi connectivity index (χ1) is 13.6. The van der Waals surface area contributed by atoms with Gasteiger partial charge in [-0.3, -0.25) is 4.79 Å². The second-order valence-corrected chi connectivity index (χ2v) is 6.90. The Hall–Kier alpha value is -3.45. The second-order valence-electron chi connectivity index (χ2n) is 5.95. The number of carbonyl (C=O) groups is 2. The maximum atomic E-state index is 12.0. The molecule has 0 bridgehead atoms. The third kappa shape index (κ3) is 5.78. The number of nitrogens with zero attached hydrogens (tertiary/aromatic N) is 1. The van der Waals surface area contributed by atoms with Gasteiger partial charge in [-0.2, -0.15) is 5.10 Å². The lowest BCUT2D eigenvalue weighted by atomic mass is 10.2. The molecular formula is C21H19N3O3S. The number of amides is 1. The number of aryl methyl sites for hydroxylation is 1. The molecule has 0 fully saturated rings. The molecule has 0 spiro atoms. The van der Waals surface area contributed by atoms with Crippen LogP contribution in [0.1, 0.15) is 20.8 Å². The van der Waals surface area contributed by atoms with Gasteiger partial charge in [0.25, 0.3) is 5.91 Å². The molecule has 0 aliphatic heterocycles. The molecule has 0 unspecified atom stereocenters. The number of rotatable bonds is 7. The van der Waals surface area contributed by atoms with Gasteiger partial charge >= 0.3 is 5.97 Å². The van der Waals surface area contributed by atoms with Gasteiger partial charge in [-0.25, -0.2) is 10.2 Å². The number of benzene rings is 2. The summed E-state index contributed by atoms with van der Waals surface area (Å²) < 4.78 is 5.34. The summed E-state index contributed by atoms with van der Waals surface area (Å²) in [5.41, 5.74) is 5.18. The summed E-state index contributed by atoms with van der Waals surface area (Å²) >= 11 is 1.32. The summed E-state index contributed by atoms with van der Waals surface area (Å²) in [6, 6.07) is 18.2. The molecule has 6 nitrogen and oxygen atoms in total. The molecule has 1 aromatic heterocycles. The minimum atomic E-state index is -0.403. The monoisotopic (exact) mass is 393 g/mol. The van der Waals surface area contributed by atoms with Gasteiger partial charge < -0.3 is 10.1 Å². The molecule has 0 atom stereocenters. The van der Waals surface area contributed by atoms with E-state index in [1.54, 1.807) is 36.4 Å². The smallest absolute Gasteiger partial charge is 0.353 e. The Morgan fingerprint density at radius 1 is 1.11 bits per heavy atom. The number of nitrogens with one attached hydrogen (secondary N) is 2. The summed E-state index contributed by atoms with van der Waals surface area (Å²) in [6.07, 6.45) is 1.49.